The van der Waals surface area contributed by atoms with Crippen molar-refractivity contribution in [1.82, 2.24) is 15.2 Å². The van der Waals surface area contributed by atoms with Crippen molar-refractivity contribution < 1.29 is 9.59 Å². The molecule has 1 aliphatic rings. The molecule has 1 saturated heterocycles. The molecular weight excluding hydrogens is 448 g/mol. The van der Waals surface area contributed by atoms with Gasteiger partial charge in [0.2, 0.25) is 0 Å². The Labute approximate surface area is 211 Å². The first kappa shape index (κ1) is 23.7. The number of nitrogens with zero attached hydrogens (tertiary/aromatic N) is 3. The molecule has 5 rings (SSSR count). The molecule has 1 unspecified atom stereocenters. The number of aldehydes is 1. The summed E-state index contributed by atoms with van der Waals surface area (Å²) >= 11 is 0. The van der Waals surface area contributed by atoms with E-state index in [2.05, 4.69) is 62.6 Å². The maximum Gasteiger partial charge on any atom is 0.255 e. The number of fused-ring (bicyclic) bond motifs is 1. The summed E-state index contributed by atoms with van der Waals surface area (Å²) in [6, 6.07) is 27.6. The number of rotatable bonds is 8. The Kier molecular flexibility index (Phi) is 7.33. The Balaban J connectivity index is 1.23. The van der Waals surface area contributed by atoms with Gasteiger partial charge in [-0.25, -0.2) is 4.98 Å². The van der Waals surface area contributed by atoms with Gasteiger partial charge in [-0.15, -0.1) is 0 Å². The Bertz CT molecular complexity index is 1330. The van der Waals surface area contributed by atoms with Crippen molar-refractivity contribution in [3.8, 4) is 0 Å². The van der Waals surface area contributed by atoms with E-state index in [-0.39, 0.29) is 5.91 Å². The number of carbonyl (C=O) groups excluding carboxylic acids is 2. The molecule has 1 atom stereocenters. The van der Waals surface area contributed by atoms with Crippen LogP contribution in [0.5, 0.6) is 0 Å². The molecule has 4 aromatic rings. The lowest BCUT2D eigenvalue weighted by Gasteiger charge is -2.36. The topological polar surface area (TPSA) is 65.5 Å². The molecule has 0 spiro atoms. The number of hydrogen-bond donors (Lipinski definition) is 1. The molecule has 3 aromatic carbocycles. The van der Waals surface area contributed by atoms with Crippen LogP contribution in [0.3, 0.4) is 0 Å². The summed E-state index contributed by atoms with van der Waals surface area (Å²) in [5, 5.41) is 5.45. The summed E-state index contributed by atoms with van der Waals surface area (Å²) < 4.78 is 0. The zero-order valence-corrected chi connectivity index (χ0v) is 20.2. The normalized spacial score (nSPS) is 14.9. The minimum Gasteiger partial charge on any atom is -0.353 e. The number of nitrogens with one attached hydrogen (secondary N) is 1. The van der Waals surface area contributed by atoms with E-state index in [4.69, 9.17) is 0 Å². The van der Waals surface area contributed by atoms with Crippen molar-refractivity contribution in [2.24, 2.45) is 0 Å². The van der Waals surface area contributed by atoms with Crippen LogP contribution in [-0.4, -0.2) is 54.3 Å². The fourth-order valence-electron chi connectivity index (χ4n) is 4.86. The first-order valence-electron chi connectivity index (χ1n) is 12.4. The zero-order valence-electron chi connectivity index (χ0n) is 20.2. The lowest BCUT2D eigenvalue weighted by Crippen LogP contribution is -2.47. The van der Waals surface area contributed by atoms with Gasteiger partial charge in [0, 0.05) is 38.9 Å². The predicted molar refractivity (Wildman–Crippen MR) is 143 cm³/mol. The minimum atomic E-state index is -0.592. The van der Waals surface area contributed by atoms with Crippen molar-refractivity contribution in [3.63, 3.8) is 0 Å². The molecule has 2 heterocycles. The van der Waals surface area contributed by atoms with E-state index in [0.29, 0.717) is 17.8 Å². The van der Waals surface area contributed by atoms with Crippen LogP contribution in [0.4, 0.5) is 5.82 Å². The van der Waals surface area contributed by atoms with Crippen molar-refractivity contribution in [1.29, 1.82) is 0 Å². The average molecular weight is 479 g/mol. The van der Waals surface area contributed by atoms with Gasteiger partial charge < -0.3 is 15.0 Å². The zero-order chi connectivity index (χ0) is 24.7. The van der Waals surface area contributed by atoms with Crippen LogP contribution in [0.2, 0.25) is 0 Å². The van der Waals surface area contributed by atoms with Gasteiger partial charge in [-0.2, -0.15) is 0 Å². The maximum absolute atomic E-state index is 13.2. The first-order chi connectivity index (χ1) is 17.7. The van der Waals surface area contributed by atoms with Crippen LogP contribution < -0.4 is 10.2 Å². The van der Waals surface area contributed by atoms with Gasteiger partial charge in [0.15, 0.2) is 0 Å². The highest BCUT2D eigenvalue weighted by atomic mass is 16.2. The third kappa shape index (κ3) is 5.44. The quantitative estimate of drug-likeness (QED) is 0.387. The van der Waals surface area contributed by atoms with Gasteiger partial charge in [0.25, 0.3) is 5.91 Å². The van der Waals surface area contributed by atoms with E-state index >= 15 is 0 Å². The molecule has 0 bridgehead atoms. The summed E-state index contributed by atoms with van der Waals surface area (Å²) in [6.45, 7) is 4.22. The summed E-state index contributed by atoms with van der Waals surface area (Å²) in [7, 11) is 0. The van der Waals surface area contributed by atoms with Gasteiger partial charge in [-0.05, 0) is 40.5 Å². The van der Waals surface area contributed by atoms with Gasteiger partial charge >= 0.3 is 0 Å². The smallest absolute Gasteiger partial charge is 0.255 e. The predicted octanol–water partition coefficient (Wildman–Crippen LogP) is 4.10. The van der Waals surface area contributed by atoms with Crippen LogP contribution in [0.25, 0.3) is 10.8 Å². The van der Waals surface area contributed by atoms with Crippen molar-refractivity contribution in [3.05, 3.63) is 108 Å². The van der Waals surface area contributed by atoms with Crippen LogP contribution in [0.15, 0.2) is 91.1 Å². The molecule has 1 N–H and O–H groups in total. The number of hydrogen-bond acceptors (Lipinski definition) is 5. The SMILES string of the molecule is O=CC(Cc1ccccc1)NC(=O)c1cccnc1N1CCN(Cc2cccc3ccccc23)CC1. The monoisotopic (exact) mass is 478 g/mol. The lowest BCUT2D eigenvalue weighted by atomic mass is 10.0. The third-order valence-electron chi connectivity index (χ3n) is 6.76. The van der Waals surface area contributed by atoms with Gasteiger partial charge in [0.1, 0.15) is 12.1 Å². The molecular formula is C30H30N4O2. The second kappa shape index (κ2) is 11.1. The number of benzene rings is 3. The second-order valence-corrected chi connectivity index (χ2v) is 9.18. The number of carbonyl (C=O) groups is 2. The molecule has 1 aromatic heterocycles. The minimum absolute atomic E-state index is 0.274. The largest absolute Gasteiger partial charge is 0.353 e. The molecule has 1 fully saturated rings. The molecule has 1 aliphatic heterocycles. The Morgan fingerprint density at radius 2 is 1.64 bits per heavy atom. The summed E-state index contributed by atoms with van der Waals surface area (Å²) in [4.78, 5) is 34.0. The molecule has 36 heavy (non-hydrogen) atoms. The number of pyridine rings is 1. The van der Waals surface area contributed by atoms with Crippen molar-refractivity contribution in [2.45, 2.75) is 19.0 Å². The van der Waals surface area contributed by atoms with Crippen molar-refractivity contribution >= 4 is 28.8 Å². The highest BCUT2D eigenvalue weighted by Gasteiger charge is 2.24. The molecule has 6 heteroatoms. The first-order valence-corrected chi connectivity index (χ1v) is 12.4. The van der Waals surface area contributed by atoms with E-state index in [0.717, 1.165) is 44.6 Å². The highest BCUT2D eigenvalue weighted by Crippen LogP contribution is 2.23. The Morgan fingerprint density at radius 1 is 0.889 bits per heavy atom. The van der Waals surface area contributed by atoms with E-state index in [1.165, 1.54) is 16.3 Å². The number of amides is 1. The molecule has 182 valence electrons. The van der Waals surface area contributed by atoms with Crippen molar-refractivity contribution in [2.75, 3.05) is 31.1 Å². The standard InChI is InChI=1S/C30H30N4O2/c35-22-26(20-23-8-2-1-3-9-23)32-30(36)28-14-7-15-31-29(28)34-18-16-33(17-19-34)21-25-12-6-11-24-10-4-5-13-27(24)25/h1-15,22,26H,16-21H2,(H,32,36). The van der Waals surface area contributed by atoms with Crippen LogP contribution in [-0.2, 0) is 17.8 Å². The Hall–Kier alpha value is -4.03. The van der Waals surface area contributed by atoms with E-state index in [1.807, 2.05) is 30.3 Å². The summed E-state index contributed by atoms with van der Waals surface area (Å²) in [5.41, 5.74) is 2.83. The highest BCUT2D eigenvalue weighted by molar-refractivity contribution is 6.00. The lowest BCUT2D eigenvalue weighted by molar-refractivity contribution is -0.109. The molecule has 6 nitrogen and oxygen atoms in total. The third-order valence-corrected chi connectivity index (χ3v) is 6.76. The second-order valence-electron chi connectivity index (χ2n) is 9.18. The van der Waals surface area contributed by atoms with E-state index < -0.39 is 6.04 Å². The fraction of sp³-hybridized carbons (Fsp3) is 0.233. The number of aromatic nitrogens is 1. The summed E-state index contributed by atoms with van der Waals surface area (Å²) in [6.07, 6.45) is 2.97. The van der Waals surface area contributed by atoms with Crippen LogP contribution in [0, 0.1) is 0 Å². The van der Waals surface area contributed by atoms with E-state index in [9.17, 15) is 9.59 Å². The molecule has 0 radical (unpaired) electrons. The fourth-order valence-corrected chi connectivity index (χ4v) is 4.86. The van der Waals surface area contributed by atoms with E-state index in [1.54, 1.807) is 18.3 Å². The van der Waals surface area contributed by atoms with Gasteiger partial charge in [-0.3, -0.25) is 9.69 Å². The number of piperazine rings is 1. The van der Waals surface area contributed by atoms with Crippen LogP contribution in [0.1, 0.15) is 21.5 Å². The number of anilines is 1. The average Bonchev–Trinajstić information content (AvgIpc) is 2.94. The molecule has 1 amide bonds. The van der Waals surface area contributed by atoms with Gasteiger partial charge in [0.05, 0.1) is 11.6 Å². The van der Waals surface area contributed by atoms with Gasteiger partial charge in [-0.1, -0.05) is 72.8 Å². The molecule has 0 aliphatic carbocycles. The maximum atomic E-state index is 13.2. The van der Waals surface area contributed by atoms with Crippen LogP contribution >= 0.6 is 0 Å². The Morgan fingerprint density at radius 3 is 2.44 bits per heavy atom. The summed E-state index contributed by atoms with van der Waals surface area (Å²) in [5.74, 6) is 0.397. The molecule has 0 saturated carbocycles.